The number of hydrogen-bond acceptors (Lipinski definition) is 6. The molecule has 2 N–H and O–H groups in total. The van der Waals surface area contributed by atoms with Gasteiger partial charge >= 0.3 is 0 Å². The quantitative estimate of drug-likeness (QED) is 0.509. The summed E-state index contributed by atoms with van der Waals surface area (Å²) >= 11 is 0. The molecular weight excluding hydrogens is 432 g/mol. The van der Waals surface area contributed by atoms with Crippen LogP contribution >= 0.6 is 0 Å². The lowest BCUT2D eigenvalue weighted by Gasteiger charge is -2.13. The third kappa shape index (κ3) is 5.50. The second-order valence-electron chi connectivity index (χ2n) is 6.75. The van der Waals surface area contributed by atoms with Crippen molar-refractivity contribution in [1.82, 2.24) is 0 Å². The zero-order chi connectivity index (χ0) is 23.1. The first-order valence-electron chi connectivity index (χ1n) is 9.63. The number of anilines is 2. The van der Waals surface area contributed by atoms with E-state index < -0.39 is 10.0 Å². The molecule has 0 aromatic heterocycles. The van der Waals surface area contributed by atoms with Crippen molar-refractivity contribution in [2.24, 2.45) is 0 Å². The minimum Gasteiger partial charge on any atom is -0.495 e. The summed E-state index contributed by atoms with van der Waals surface area (Å²) in [5.41, 5.74) is 1.40. The van der Waals surface area contributed by atoms with Crippen molar-refractivity contribution in [2.45, 2.75) is 11.3 Å². The number of amides is 1. The molecule has 0 atom stereocenters. The van der Waals surface area contributed by atoms with Gasteiger partial charge in [-0.05, 0) is 48.0 Å². The van der Waals surface area contributed by atoms with Crippen LogP contribution < -0.4 is 24.2 Å². The van der Waals surface area contributed by atoms with E-state index in [1.165, 1.54) is 33.5 Å². The largest absolute Gasteiger partial charge is 0.495 e. The second kappa shape index (κ2) is 10.1. The van der Waals surface area contributed by atoms with Crippen molar-refractivity contribution in [3.8, 4) is 17.2 Å². The van der Waals surface area contributed by atoms with Crippen LogP contribution in [0.15, 0.2) is 71.6 Å². The molecule has 3 aromatic rings. The fraction of sp³-hybridized carbons (Fsp3) is 0.174. The zero-order valence-electron chi connectivity index (χ0n) is 17.9. The van der Waals surface area contributed by atoms with E-state index >= 15 is 0 Å². The minimum absolute atomic E-state index is 0.00678. The van der Waals surface area contributed by atoms with Gasteiger partial charge in [0.25, 0.3) is 10.0 Å². The molecule has 0 saturated carbocycles. The van der Waals surface area contributed by atoms with Crippen LogP contribution in [0.4, 0.5) is 11.4 Å². The van der Waals surface area contributed by atoms with Crippen LogP contribution in [-0.4, -0.2) is 35.7 Å². The first-order chi connectivity index (χ1) is 15.4. The van der Waals surface area contributed by atoms with Gasteiger partial charge < -0.3 is 19.5 Å². The Morgan fingerprint density at radius 1 is 0.812 bits per heavy atom. The van der Waals surface area contributed by atoms with Crippen LogP contribution in [0, 0.1) is 0 Å². The molecule has 9 heteroatoms. The lowest BCUT2D eigenvalue weighted by Crippen LogP contribution is -2.16. The van der Waals surface area contributed by atoms with Crippen LogP contribution in [0.25, 0.3) is 0 Å². The van der Waals surface area contributed by atoms with Gasteiger partial charge in [-0.3, -0.25) is 9.52 Å². The number of benzene rings is 3. The van der Waals surface area contributed by atoms with E-state index in [4.69, 9.17) is 14.2 Å². The standard InChI is InChI=1S/C23H24N2O6S/c1-29-20-10-5-4-9-19(20)25-32(27,28)18-8-6-7-17(15-18)24-23(26)14-16-11-12-21(30-2)22(13-16)31-3/h4-13,15,25H,14H2,1-3H3,(H,24,26). The molecular formula is C23H24N2O6S. The predicted molar refractivity (Wildman–Crippen MR) is 122 cm³/mol. The van der Waals surface area contributed by atoms with Gasteiger partial charge in [0.15, 0.2) is 11.5 Å². The molecule has 8 nitrogen and oxygen atoms in total. The minimum atomic E-state index is -3.89. The lowest BCUT2D eigenvalue weighted by molar-refractivity contribution is -0.115. The van der Waals surface area contributed by atoms with Crippen LogP contribution in [0.2, 0.25) is 0 Å². The van der Waals surface area contributed by atoms with Crippen molar-refractivity contribution in [3.63, 3.8) is 0 Å². The molecule has 1 amide bonds. The Morgan fingerprint density at radius 2 is 1.53 bits per heavy atom. The molecule has 0 aliphatic carbocycles. The first kappa shape index (κ1) is 23.0. The highest BCUT2D eigenvalue weighted by atomic mass is 32.2. The number of methoxy groups -OCH3 is 3. The Hall–Kier alpha value is -3.72. The number of para-hydroxylation sites is 2. The Balaban J connectivity index is 1.73. The highest BCUT2D eigenvalue weighted by Crippen LogP contribution is 2.28. The summed E-state index contributed by atoms with van der Waals surface area (Å²) in [7, 11) is 0.625. The van der Waals surface area contributed by atoms with Gasteiger partial charge in [0, 0.05) is 5.69 Å². The Labute approximate surface area is 187 Å². The molecule has 168 valence electrons. The molecule has 0 radical (unpaired) electrons. The lowest BCUT2D eigenvalue weighted by atomic mass is 10.1. The number of carbonyl (C=O) groups is 1. The summed E-state index contributed by atoms with van der Waals surface area (Å²) in [6, 6.07) is 17.9. The van der Waals surface area contributed by atoms with Crippen molar-refractivity contribution >= 4 is 27.3 Å². The summed E-state index contributed by atoms with van der Waals surface area (Å²) in [5, 5.41) is 2.73. The van der Waals surface area contributed by atoms with Crippen molar-refractivity contribution in [3.05, 3.63) is 72.3 Å². The van der Waals surface area contributed by atoms with Crippen molar-refractivity contribution in [2.75, 3.05) is 31.4 Å². The molecule has 3 rings (SSSR count). The average Bonchev–Trinajstić information content (AvgIpc) is 2.79. The van der Waals surface area contributed by atoms with E-state index in [1.54, 1.807) is 54.6 Å². The number of nitrogens with one attached hydrogen (secondary N) is 2. The van der Waals surface area contributed by atoms with Gasteiger partial charge in [0.2, 0.25) is 5.91 Å². The van der Waals surface area contributed by atoms with Gasteiger partial charge in [0.1, 0.15) is 5.75 Å². The topological polar surface area (TPSA) is 103 Å². The van der Waals surface area contributed by atoms with E-state index in [1.807, 2.05) is 0 Å². The molecule has 32 heavy (non-hydrogen) atoms. The smallest absolute Gasteiger partial charge is 0.262 e. The zero-order valence-corrected chi connectivity index (χ0v) is 18.7. The van der Waals surface area contributed by atoms with Crippen LogP contribution in [0.1, 0.15) is 5.56 Å². The van der Waals surface area contributed by atoms with Gasteiger partial charge in [-0.15, -0.1) is 0 Å². The molecule has 0 aliphatic rings. The molecule has 0 spiro atoms. The van der Waals surface area contributed by atoms with Crippen LogP contribution in [0.3, 0.4) is 0 Å². The fourth-order valence-corrected chi connectivity index (χ4v) is 4.17. The monoisotopic (exact) mass is 456 g/mol. The van der Waals surface area contributed by atoms with Crippen molar-refractivity contribution in [1.29, 1.82) is 0 Å². The third-order valence-electron chi connectivity index (χ3n) is 4.59. The molecule has 0 saturated heterocycles. The number of sulfonamides is 1. The Bertz CT molecular complexity index is 1210. The third-order valence-corrected chi connectivity index (χ3v) is 5.96. The summed E-state index contributed by atoms with van der Waals surface area (Å²) in [6.45, 7) is 0. The predicted octanol–water partition coefficient (Wildman–Crippen LogP) is 3.69. The SMILES string of the molecule is COc1ccccc1NS(=O)(=O)c1cccc(NC(=O)Cc2ccc(OC)c(OC)c2)c1. The normalized spacial score (nSPS) is 10.8. The number of ether oxygens (including phenoxy) is 3. The summed E-state index contributed by atoms with van der Waals surface area (Å²) in [4.78, 5) is 12.5. The van der Waals surface area contributed by atoms with Gasteiger partial charge in [-0.1, -0.05) is 24.3 Å². The maximum Gasteiger partial charge on any atom is 0.262 e. The molecule has 0 bridgehead atoms. The maximum absolute atomic E-state index is 12.8. The van der Waals surface area contributed by atoms with Crippen molar-refractivity contribution < 1.29 is 27.4 Å². The van der Waals surface area contributed by atoms with Gasteiger partial charge in [-0.25, -0.2) is 8.42 Å². The van der Waals surface area contributed by atoms with Gasteiger partial charge in [-0.2, -0.15) is 0 Å². The van der Waals surface area contributed by atoms with Gasteiger partial charge in [0.05, 0.1) is 38.3 Å². The molecule has 0 unspecified atom stereocenters. The van der Waals surface area contributed by atoms with E-state index in [9.17, 15) is 13.2 Å². The second-order valence-corrected chi connectivity index (χ2v) is 8.43. The first-order valence-corrected chi connectivity index (χ1v) is 11.1. The summed E-state index contributed by atoms with van der Waals surface area (Å²) in [6.07, 6.45) is 0.0802. The van der Waals surface area contributed by atoms with E-state index in [2.05, 4.69) is 10.0 Å². The number of carbonyl (C=O) groups excluding carboxylic acids is 1. The number of rotatable bonds is 9. The van der Waals surface area contributed by atoms with Crippen LogP contribution in [0.5, 0.6) is 17.2 Å². The molecule has 0 aliphatic heterocycles. The highest BCUT2D eigenvalue weighted by Gasteiger charge is 2.17. The van der Waals surface area contributed by atoms with E-state index in [-0.39, 0.29) is 17.2 Å². The highest BCUT2D eigenvalue weighted by molar-refractivity contribution is 7.92. The van der Waals surface area contributed by atoms with E-state index in [0.717, 1.165) is 5.56 Å². The van der Waals surface area contributed by atoms with E-state index in [0.29, 0.717) is 28.6 Å². The summed E-state index contributed by atoms with van der Waals surface area (Å²) in [5.74, 6) is 1.19. The molecule has 0 heterocycles. The Morgan fingerprint density at radius 3 is 2.25 bits per heavy atom. The molecule has 0 fully saturated rings. The maximum atomic E-state index is 12.8. The summed E-state index contributed by atoms with van der Waals surface area (Å²) < 4.78 is 43.8. The van der Waals surface area contributed by atoms with Crippen LogP contribution in [-0.2, 0) is 21.2 Å². The molecule has 3 aromatic carbocycles. The fourth-order valence-electron chi connectivity index (χ4n) is 3.05. The average molecular weight is 457 g/mol. The Kier molecular flexibility index (Phi) is 7.21. The number of hydrogen-bond donors (Lipinski definition) is 2.